The zero-order valence-corrected chi connectivity index (χ0v) is 20.5. The molecule has 4 aromatic rings. The number of carbonyl (C=O) groups is 1. The van der Waals surface area contributed by atoms with E-state index in [0.717, 1.165) is 27.6 Å². The van der Waals surface area contributed by atoms with Crippen molar-refractivity contribution in [2.24, 2.45) is 0 Å². The van der Waals surface area contributed by atoms with Gasteiger partial charge in [-0.15, -0.1) is 0 Å². The van der Waals surface area contributed by atoms with Crippen LogP contribution in [0, 0.1) is 5.82 Å². The summed E-state index contributed by atoms with van der Waals surface area (Å²) in [6.45, 7) is 0.123. The number of nitrogens with one attached hydrogen (secondary N) is 1. The summed E-state index contributed by atoms with van der Waals surface area (Å²) in [5.74, 6) is -0.350. The number of rotatable bonds is 7. The molecular weight excluding hydrogens is 495 g/mol. The van der Waals surface area contributed by atoms with Crippen LogP contribution < -0.4 is 19.1 Å². The molecule has 0 unspecified atom stereocenters. The van der Waals surface area contributed by atoms with Gasteiger partial charge in [0.05, 0.1) is 10.6 Å². The summed E-state index contributed by atoms with van der Waals surface area (Å²) in [5, 5.41) is 2.83. The van der Waals surface area contributed by atoms with Crippen LogP contribution in [0.2, 0.25) is 0 Å². The second kappa shape index (κ2) is 10.3. The molecule has 0 bridgehead atoms. The Morgan fingerprint density at radius 3 is 2.27 bits per heavy atom. The Labute approximate surface area is 214 Å². The molecule has 1 heterocycles. The maximum absolute atomic E-state index is 13.7. The van der Waals surface area contributed by atoms with Crippen LogP contribution in [0.3, 0.4) is 0 Å². The fourth-order valence-corrected chi connectivity index (χ4v) is 5.45. The summed E-state index contributed by atoms with van der Waals surface area (Å²) in [6.07, 6.45) is 0. The Balaban J connectivity index is 1.47. The lowest BCUT2D eigenvalue weighted by Crippen LogP contribution is -2.38. The maximum Gasteiger partial charge on any atom is 0.264 e. The molecule has 4 aromatic carbocycles. The molecule has 0 spiro atoms. The van der Waals surface area contributed by atoms with Gasteiger partial charge in [0.25, 0.3) is 10.0 Å². The molecule has 0 aromatic heterocycles. The van der Waals surface area contributed by atoms with Gasteiger partial charge in [-0.05, 0) is 48.0 Å². The molecule has 1 aliphatic rings. The highest BCUT2D eigenvalue weighted by Gasteiger charge is 2.29. The zero-order chi connectivity index (χ0) is 25.8. The average Bonchev–Trinajstić information content (AvgIpc) is 2.93. The number of amides is 1. The molecule has 1 aliphatic heterocycles. The van der Waals surface area contributed by atoms with Gasteiger partial charge in [0, 0.05) is 17.3 Å². The molecule has 0 fully saturated rings. The second-order valence-electron chi connectivity index (χ2n) is 8.25. The number of para-hydroxylation sites is 1. The minimum atomic E-state index is -4.24. The molecule has 1 amide bonds. The van der Waals surface area contributed by atoms with Gasteiger partial charge >= 0.3 is 0 Å². The monoisotopic (exact) mass is 518 g/mol. The number of nitrogens with zero attached hydrogens (tertiary/aromatic N) is 1. The molecule has 0 radical (unpaired) electrons. The molecular formula is C28H23FN2O5S. The second-order valence-corrected chi connectivity index (χ2v) is 10.1. The zero-order valence-electron chi connectivity index (χ0n) is 19.6. The smallest absolute Gasteiger partial charge is 0.264 e. The van der Waals surface area contributed by atoms with Crippen LogP contribution in [0.1, 0.15) is 0 Å². The Bertz CT molecular complexity index is 1530. The number of fused-ring (bicyclic) bond motifs is 1. The maximum atomic E-state index is 13.7. The molecule has 0 aliphatic carbocycles. The van der Waals surface area contributed by atoms with E-state index in [2.05, 4.69) is 5.32 Å². The van der Waals surface area contributed by atoms with Gasteiger partial charge in [-0.1, -0.05) is 48.5 Å². The number of hydrogen-bond acceptors (Lipinski definition) is 5. The van der Waals surface area contributed by atoms with Crippen molar-refractivity contribution in [3.05, 3.63) is 103 Å². The van der Waals surface area contributed by atoms with Crippen LogP contribution in [0.5, 0.6) is 11.5 Å². The van der Waals surface area contributed by atoms with Crippen molar-refractivity contribution in [1.82, 2.24) is 0 Å². The lowest BCUT2D eigenvalue weighted by Gasteiger charge is -2.25. The van der Waals surface area contributed by atoms with Gasteiger partial charge < -0.3 is 14.8 Å². The third-order valence-corrected chi connectivity index (χ3v) is 7.56. The highest BCUT2D eigenvalue weighted by molar-refractivity contribution is 7.92. The molecule has 9 heteroatoms. The molecule has 0 saturated heterocycles. The number of sulfonamides is 1. The predicted octanol–water partition coefficient (Wildman–Crippen LogP) is 5.10. The topological polar surface area (TPSA) is 84.9 Å². The third kappa shape index (κ3) is 5.26. The quantitative estimate of drug-likeness (QED) is 0.368. The van der Waals surface area contributed by atoms with Gasteiger partial charge in [0.2, 0.25) is 5.91 Å². The molecule has 0 atom stereocenters. The van der Waals surface area contributed by atoms with E-state index in [0.29, 0.717) is 30.4 Å². The molecule has 0 saturated carbocycles. The van der Waals surface area contributed by atoms with Gasteiger partial charge in [0.15, 0.2) is 11.5 Å². The van der Waals surface area contributed by atoms with Crippen LogP contribution in [0.15, 0.2) is 102 Å². The number of benzene rings is 4. The van der Waals surface area contributed by atoms with Crippen LogP contribution >= 0.6 is 0 Å². The van der Waals surface area contributed by atoms with Crippen LogP contribution in [0.4, 0.5) is 15.8 Å². The Morgan fingerprint density at radius 2 is 1.51 bits per heavy atom. The van der Waals surface area contributed by atoms with Crippen molar-refractivity contribution in [3.8, 4) is 22.6 Å². The van der Waals surface area contributed by atoms with E-state index in [-0.39, 0.29) is 10.6 Å². The lowest BCUT2D eigenvalue weighted by atomic mass is 10.0. The lowest BCUT2D eigenvalue weighted by molar-refractivity contribution is -0.114. The predicted molar refractivity (Wildman–Crippen MR) is 139 cm³/mol. The fourth-order valence-electron chi connectivity index (χ4n) is 4.02. The number of halogens is 1. The Morgan fingerprint density at radius 1 is 0.838 bits per heavy atom. The normalized spacial score (nSPS) is 12.6. The first-order valence-electron chi connectivity index (χ1n) is 11.5. The van der Waals surface area contributed by atoms with Crippen molar-refractivity contribution in [1.29, 1.82) is 0 Å². The van der Waals surface area contributed by atoms with E-state index < -0.39 is 28.3 Å². The van der Waals surface area contributed by atoms with E-state index in [4.69, 9.17) is 9.47 Å². The van der Waals surface area contributed by atoms with Crippen LogP contribution in [0.25, 0.3) is 11.1 Å². The van der Waals surface area contributed by atoms with Gasteiger partial charge in [-0.3, -0.25) is 9.10 Å². The number of anilines is 2. The van der Waals surface area contributed by atoms with Crippen molar-refractivity contribution in [3.63, 3.8) is 0 Å². The molecule has 1 N–H and O–H groups in total. The van der Waals surface area contributed by atoms with Crippen molar-refractivity contribution < 1.29 is 27.1 Å². The highest BCUT2D eigenvalue weighted by Crippen LogP contribution is 2.34. The standard InChI is InChI=1S/C28H23FN2O5S/c29-21-10-12-22(13-11-21)31(37(33,34)23-14-15-26-27(18-23)36-17-16-35-26)19-28(32)30-25-9-5-4-8-24(25)20-6-2-1-3-7-20/h1-15,18H,16-17,19H2,(H,30,32). The number of hydrogen-bond donors (Lipinski definition) is 1. The summed E-state index contributed by atoms with van der Waals surface area (Å²) in [4.78, 5) is 13.1. The van der Waals surface area contributed by atoms with E-state index in [9.17, 15) is 17.6 Å². The fraction of sp³-hybridized carbons (Fsp3) is 0.107. The van der Waals surface area contributed by atoms with Crippen molar-refractivity contribution in [2.45, 2.75) is 4.90 Å². The van der Waals surface area contributed by atoms with Crippen molar-refractivity contribution >= 4 is 27.3 Å². The SMILES string of the molecule is O=C(CN(c1ccc(F)cc1)S(=O)(=O)c1ccc2c(c1)OCCO2)Nc1ccccc1-c1ccccc1. The van der Waals surface area contributed by atoms with Crippen LogP contribution in [-0.4, -0.2) is 34.1 Å². The first-order chi connectivity index (χ1) is 17.9. The molecule has 188 valence electrons. The van der Waals surface area contributed by atoms with Gasteiger partial charge in [-0.25, -0.2) is 12.8 Å². The first-order valence-corrected chi connectivity index (χ1v) is 13.0. The van der Waals surface area contributed by atoms with Gasteiger partial charge in [-0.2, -0.15) is 0 Å². The van der Waals surface area contributed by atoms with E-state index >= 15 is 0 Å². The van der Waals surface area contributed by atoms with E-state index in [1.807, 2.05) is 42.5 Å². The first kappa shape index (κ1) is 24.3. The van der Waals surface area contributed by atoms with Gasteiger partial charge in [0.1, 0.15) is 25.6 Å². The Hall–Kier alpha value is -4.37. The number of ether oxygens (including phenoxy) is 2. The average molecular weight is 519 g/mol. The Kier molecular flexibility index (Phi) is 6.78. The molecule has 7 nitrogen and oxygen atoms in total. The van der Waals surface area contributed by atoms with E-state index in [1.165, 1.54) is 30.3 Å². The minimum Gasteiger partial charge on any atom is -0.486 e. The van der Waals surface area contributed by atoms with Crippen molar-refractivity contribution in [2.75, 3.05) is 29.4 Å². The van der Waals surface area contributed by atoms with E-state index in [1.54, 1.807) is 12.1 Å². The summed E-state index contributed by atoms with van der Waals surface area (Å²) in [5.41, 5.74) is 2.37. The number of carbonyl (C=O) groups excluding carboxylic acids is 1. The molecule has 5 rings (SSSR count). The largest absolute Gasteiger partial charge is 0.486 e. The highest BCUT2D eigenvalue weighted by atomic mass is 32.2. The summed E-state index contributed by atoms with van der Waals surface area (Å²) in [6, 6.07) is 26.0. The minimum absolute atomic E-state index is 0.0847. The summed E-state index contributed by atoms with van der Waals surface area (Å²) in [7, 11) is -4.24. The summed E-state index contributed by atoms with van der Waals surface area (Å²) < 4.78 is 53.1. The third-order valence-electron chi connectivity index (χ3n) is 5.79. The van der Waals surface area contributed by atoms with Crippen LogP contribution in [-0.2, 0) is 14.8 Å². The summed E-state index contributed by atoms with van der Waals surface area (Å²) >= 11 is 0. The molecule has 37 heavy (non-hydrogen) atoms.